The van der Waals surface area contributed by atoms with Crippen molar-refractivity contribution in [3.8, 4) is 0 Å². The molecule has 0 radical (unpaired) electrons. The van der Waals surface area contributed by atoms with Crippen molar-refractivity contribution in [2.45, 2.75) is 13.7 Å². The first-order chi connectivity index (χ1) is 4.68. The first kappa shape index (κ1) is 8.35. The van der Waals surface area contributed by atoms with E-state index in [1.54, 1.807) is 0 Å². The second-order valence-electron chi connectivity index (χ2n) is 2.31. The summed E-state index contributed by atoms with van der Waals surface area (Å²) in [5.74, 6) is 1.00. The third-order valence-corrected chi connectivity index (χ3v) is 9.71. The van der Waals surface area contributed by atoms with Crippen LogP contribution >= 0.6 is 59.7 Å². The van der Waals surface area contributed by atoms with Crippen molar-refractivity contribution in [3.63, 3.8) is 0 Å². The quantitative estimate of drug-likeness (QED) is 0.684. The van der Waals surface area contributed by atoms with Crippen LogP contribution in [-0.2, 0) is 0 Å². The predicted molar refractivity (Wildman–Crippen MR) is 60.2 cm³/mol. The van der Waals surface area contributed by atoms with E-state index in [0.717, 1.165) is 5.75 Å². The van der Waals surface area contributed by atoms with Crippen LogP contribution in [0, 0.1) is 0 Å². The van der Waals surface area contributed by atoms with Crippen molar-refractivity contribution in [3.05, 3.63) is 0 Å². The highest BCUT2D eigenvalue weighted by atomic mass is 32.3. The average molecular weight is 228 g/mol. The summed E-state index contributed by atoms with van der Waals surface area (Å²) in [6, 6.07) is 0. The summed E-state index contributed by atoms with van der Waals surface area (Å²) in [6.45, 7) is 2.31. The molecule has 0 aliphatic carbocycles. The molecule has 3 rings (SSSR count). The summed E-state index contributed by atoms with van der Waals surface area (Å²) in [5.41, 5.74) is 0. The molecule has 0 aromatic carbocycles. The van der Waals surface area contributed by atoms with Gasteiger partial charge in [0, 0.05) is 10.8 Å². The first-order valence-corrected chi connectivity index (χ1v) is 7.21. The van der Waals surface area contributed by atoms with E-state index >= 15 is 0 Å². The van der Waals surface area contributed by atoms with Crippen LogP contribution in [0.2, 0.25) is 0 Å². The molecule has 0 saturated carbocycles. The van der Waals surface area contributed by atoms with Gasteiger partial charge in [-0.1, -0.05) is 0 Å². The summed E-state index contributed by atoms with van der Waals surface area (Å²) >= 11 is 12.6. The van der Waals surface area contributed by atoms with Crippen LogP contribution in [0.5, 0.6) is 0 Å². The van der Waals surface area contributed by atoms with E-state index < -0.39 is 0 Å². The number of hydrogen-bond donors (Lipinski definition) is 1. The standard InChI is InChI=1S/C5H8S5/c1-4-7-3-8-5(2-6,9-4)10-4/h6H,2-3H2,1H3. The summed E-state index contributed by atoms with van der Waals surface area (Å²) in [7, 11) is 0. The zero-order valence-electron chi connectivity index (χ0n) is 5.49. The Morgan fingerprint density at radius 1 is 1.40 bits per heavy atom. The summed E-state index contributed by atoms with van der Waals surface area (Å²) < 4.78 is 0.886. The van der Waals surface area contributed by atoms with Gasteiger partial charge in [-0.05, 0) is 6.92 Å². The van der Waals surface area contributed by atoms with Gasteiger partial charge in [-0.15, -0.1) is 47.0 Å². The fourth-order valence-corrected chi connectivity index (χ4v) is 11.9. The Kier molecular flexibility index (Phi) is 2.19. The predicted octanol–water partition coefficient (Wildman–Crippen LogP) is 3.16. The summed E-state index contributed by atoms with van der Waals surface area (Å²) in [6.07, 6.45) is 0. The normalized spacial score (nSPS) is 52.2. The van der Waals surface area contributed by atoms with Crippen molar-refractivity contribution >= 4 is 59.7 Å². The van der Waals surface area contributed by atoms with Gasteiger partial charge in [0.1, 0.15) is 6.82 Å². The minimum absolute atomic E-state index is 0.420. The zero-order chi connectivity index (χ0) is 7.24. The number of hydrogen-bond acceptors (Lipinski definition) is 5. The van der Waals surface area contributed by atoms with E-state index in [1.165, 1.54) is 5.08 Å². The van der Waals surface area contributed by atoms with Crippen LogP contribution < -0.4 is 0 Å². The molecule has 0 unspecified atom stereocenters. The van der Waals surface area contributed by atoms with E-state index in [1.807, 2.05) is 11.8 Å². The Morgan fingerprint density at radius 3 is 2.50 bits per heavy atom. The third kappa shape index (κ3) is 1.22. The number of fused-ring (bicyclic) bond motifs is 2. The molecule has 3 saturated heterocycles. The van der Waals surface area contributed by atoms with Crippen LogP contribution in [0.3, 0.4) is 0 Å². The lowest BCUT2D eigenvalue weighted by Gasteiger charge is -2.55. The molecule has 0 aromatic rings. The van der Waals surface area contributed by atoms with E-state index in [4.69, 9.17) is 0 Å². The van der Waals surface area contributed by atoms with E-state index in [9.17, 15) is 0 Å². The monoisotopic (exact) mass is 228 g/mol. The van der Waals surface area contributed by atoms with Crippen LogP contribution in [0.15, 0.2) is 0 Å². The van der Waals surface area contributed by atoms with E-state index in [0.29, 0.717) is 6.82 Å². The highest BCUT2D eigenvalue weighted by Crippen LogP contribution is 2.77. The number of thioether (sulfide) groups is 4. The van der Waals surface area contributed by atoms with Crippen molar-refractivity contribution in [2.24, 2.45) is 0 Å². The van der Waals surface area contributed by atoms with Gasteiger partial charge in [0.2, 0.25) is 0 Å². The van der Waals surface area contributed by atoms with Gasteiger partial charge in [-0.25, -0.2) is 0 Å². The third-order valence-electron chi connectivity index (χ3n) is 1.48. The Hall–Kier alpha value is 1.75. The van der Waals surface area contributed by atoms with E-state index in [2.05, 4.69) is 54.8 Å². The molecule has 3 heterocycles. The van der Waals surface area contributed by atoms with Crippen molar-refractivity contribution in [1.82, 2.24) is 0 Å². The average Bonchev–Trinajstić information content (AvgIpc) is 1.86. The topological polar surface area (TPSA) is 0 Å². The molecule has 5 heteroatoms. The number of thiol groups is 1. The van der Waals surface area contributed by atoms with E-state index in [-0.39, 0.29) is 0 Å². The molecule has 3 aliphatic rings. The summed E-state index contributed by atoms with van der Waals surface area (Å²) in [4.78, 5) is 0. The Morgan fingerprint density at radius 2 is 2.10 bits per heavy atom. The lowest BCUT2D eigenvalue weighted by Crippen LogP contribution is -2.43. The van der Waals surface area contributed by atoms with Gasteiger partial charge < -0.3 is 0 Å². The van der Waals surface area contributed by atoms with Gasteiger partial charge in [0.25, 0.3) is 0 Å². The molecule has 0 nitrogen and oxygen atoms in total. The van der Waals surface area contributed by atoms with Gasteiger partial charge in [0.15, 0.2) is 0 Å². The fraction of sp³-hybridized carbons (Fsp3) is 1.00. The maximum atomic E-state index is 4.35. The zero-order valence-corrected chi connectivity index (χ0v) is 9.65. The Bertz CT molecular complexity index is 150. The smallest absolute Gasteiger partial charge is 0.120 e. The second kappa shape index (κ2) is 2.62. The molecular weight excluding hydrogens is 220 g/mol. The molecule has 3 fully saturated rings. The van der Waals surface area contributed by atoms with Crippen molar-refractivity contribution < 1.29 is 0 Å². The molecule has 3 aliphatic heterocycles. The van der Waals surface area contributed by atoms with Gasteiger partial charge in [-0.3, -0.25) is 0 Å². The molecule has 0 spiro atoms. The number of rotatable bonds is 1. The lowest BCUT2D eigenvalue weighted by atomic mass is 10.9. The SMILES string of the molecule is CC12SCSC(CS)(S1)S2. The highest BCUT2D eigenvalue weighted by Gasteiger charge is 2.57. The molecular formula is C5H8S5. The van der Waals surface area contributed by atoms with Crippen molar-refractivity contribution in [2.75, 3.05) is 10.8 Å². The molecule has 0 N–H and O–H groups in total. The molecule has 0 atom stereocenters. The Labute approximate surface area is 83.8 Å². The largest absolute Gasteiger partial charge is 0.176 e. The maximum absolute atomic E-state index is 4.35. The molecule has 0 aromatic heterocycles. The first-order valence-electron chi connectivity index (χ1n) is 2.97. The minimum atomic E-state index is 0.420. The molecule has 2 bridgehead atoms. The van der Waals surface area contributed by atoms with Crippen molar-refractivity contribution in [1.29, 1.82) is 0 Å². The molecule has 10 heavy (non-hydrogen) atoms. The maximum Gasteiger partial charge on any atom is 0.120 e. The van der Waals surface area contributed by atoms with Crippen LogP contribution in [-0.4, -0.2) is 17.7 Å². The highest BCUT2D eigenvalue weighted by molar-refractivity contribution is 8.58. The fourth-order valence-electron chi connectivity index (χ4n) is 1.03. The molecule has 0 amide bonds. The van der Waals surface area contributed by atoms with Gasteiger partial charge in [0.05, 0.1) is 0 Å². The van der Waals surface area contributed by atoms with Crippen LogP contribution in [0.4, 0.5) is 0 Å². The minimum Gasteiger partial charge on any atom is -0.176 e. The van der Waals surface area contributed by atoms with Crippen LogP contribution in [0.1, 0.15) is 6.92 Å². The lowest BCUT2D eigenvalue weighted by molar-refractivity contribution is 1.18. The van der Waals surface area contributed by atoms with Gasteiger partial charge in [-0.2, -0.15) is 12.6 Å². The Balaban J connectivity index is 2.08. The van der Waals surface area contributed by atoms with Gasteiger partial charge >= 0.3 is 0 Å². The summed E-state index contributed by atoms with van der Waals surface area (Å²) in [5, 5.41) is 1.25. The van der Waals surface area contributed by atoms with Crippen LogP contribution in [0.25, 0.3) is 0 Å². The second-order valence-corrected chi connectivity index (χ2v) is 10.6. The molecule has 58 valence electrons.